The van der Waals surface area contributed by atoms with Gasteiger partial charge < -0.3 is 14.5 Å². The molecule has 2 fully saturated rings. The topological polar surface area (TPSA) is 45.1 Å². The van der Waals surface area contributed by atoms with Gasteiger partial charge in [0.15, 0.2) is 0 Å². The smallest absolute Gasteiger partial charge is 0.226 e. The standard InChI is InChI=1S/C15H19F2NO2.C15H26N2/c1-18(2)15(19)9-12-13(16)7-11(8-14(12)17)20-6-5-10-3-4-10;1-4-10-15(16-13-14(5-2)6-3)17-11-8-7-9-12-17/h7-8,10H,3-6,9H2,1-2H3;5,10,13H,4,6-9,11-12H2,1-3H3/b;14-5-,15-10-,16-13-. The normalized spacial score (nSPS) is 16.5. The number of likely N-dealkylation sites (tertiary alicyclic amines) is 1. The Balaban J connectivity index is 0.000000264. The monoisotopic (exact) mass is 517 g/mol. The van der Waals surface area contributed by atoms with Gasteiger partial charge in [-0.25, -0.2) is 13.8 Å². The van der Waals surface area contributed by atoms with Crippen molar-refractivity contribution in [2.45, 2.75) is 78.6 Å². The van der Waals surface area contributed by atoms with Gasteiger partial charge >= 0.3 is 0 Å². The van der Waals surface area contributed by atoms with E-state index in [2.05, 4.69) is 42.8 Å². The van der Waals surface area contributed by atoms with Gasteiger partial charge in [0, 0.05) is 51.1 Å². The number of carbonyl (C=O) groups excluding carboxylic acids is 1. The maximum Gasteiger partial charge on any atom is 0.226 e. The van der Waals surface area contributed by atoms with Crippen molar-refractivity contribution in [1.82, 2.24) is 9.80 Å². The molecule has 1 aromatic rings. The second-order valence-electron chi connectivity index (χ2n) is 9.90. The molecule has 0 atom stereocenters. The van der Waals surface area contributed by atoms with Crippen LogP contribution in [0.5, 0.6) is 5.75 Å². The van der Waals surface area contributed by atoms with E-state index in [1.807, 2.05) is 6.21 Å². The highest BCUT2D eigenvalue weighted by molar-refractivity contribution is 5.79. The Morgan fingerprint density at radius 2 is 1.78 bits per heavy atom. The van der Waals surface area contributed by atoms with E-state index >= 15 is 0 Å². The van der Waals surface area contributed by atoms with E-state index in [-0.39, 0.29) is 23.6 Å². The first kappa shape index (κ1) is 30.5. The van der Waals surface area contributed by atoms with Crippen molar-refractivity contribution in [3.05, 3.63) is 52.9 Å². The van der Waals surface area contributed by atoms with Gasteiger partial charge in [-0.1, -0.05) is 32.8 Å². The van der Waals surface area contributed by atoms with Crippen LogP contribution < -0.4 is 4.74 Å². The van der Waals surface area contributed by atoms with E-state index in [9.17, 15) is 13.6 Å². The molecule has 206 valence electrons. The summed E-state index contributed by atoms with van der Waals surface area (Å²) in [7, 11) is 3.10. The van der Waals surface area contributed by atoms with E-state index in [1.54, 1.807) is 14.1 Å². The maximum atomic E-state index is 13.8. The highest BCUT2D eigenvalue weighted by atomic mass is 19.1. The molecule has 1 heterocycles. The molecular weight excluding hydrogens is 472 g/mol. The lowest BCUT2D eigenvalue weighted by Gasteiger charge is -2.28. The number of hydrogen-bond acceptors (Lipinski definition) is 4. The Labute approximate surface area is 222 Å². The molecule has 1 saturated heterocycles. The summed E-state index contributed by atoms with van der Waals surface area (Å²) < 4.78 is 33.0. The summed E-state index contributed by atoms with van der Waals surface area (Å²) >= 11 is 0. The van der Waals surface area contributed by atoms with Crippen LogP contribution in [0, 0.1) is 17.6 Å². The third kappa shape index (κ3) is 11.1. The second kappa shape index (κ2) is 16.2. The Morgan fingerprint density at radius 1 is 1.14 bits per heavy atom. The number of amides is 1. The molecule has 37 heavy (non-hydrogen) atoms. The van der Waals surface area contributed by atoms with Gasteiger partial charge in [-0.2, -0.15) is 0 Å². The molecule has 1 aliphatic carbocycles. The predicted molar refractivity (Wildman–Crippen MR) is 148 cm³/mol. The number of piperidine rings is 1. The second-order valence-corrected chi connectivity index (χ2v) is 9.90. The van der Waals surface area contributed by atoms with Crippen LogP contribution >= 0.6 is 0 Å². The van der Waals surface area contributed by atoms with Crippen molar-refractivity contribution in [3.63, 3.8) is 0 Å². The van der Waals surface area contributed by atoms with Crippen molar-refractivity contribution in [1.29, 1.82) is 0 Å². The minimum atomic E-state index is -0.735. The van der Waals surface area contributed by atoms with E-state index in [4.69, 9.17) is 4.74 Å². The number of benzene rings is 1. The van der Waals surface area contributed by atoms with E-state index in [0.29, 0.717) is 12.5 Å². The number of carbonyl (C=O) groups is 1. The fourth-order valence-electron chi connectivity index (χ4n) is 3.98. The molecule has 7 heteroatoms. The highest BCUT2D eigenvalue weighted by Crippen LogP contribution is 2.32. The molecule has 0 spiro atoms. The Bertz CT molecular complexity index is 923. The molecule has 0 aromatic heterocycles. The van der Waals surface area contributed by atoms with Gasteiger partial charge in [0.1, 0.15) is 23.2 Å². The molecule has 1 amide bonds. The fourth-order valence-corrected chi connectivity index (χ4v) is 3.98. The van der Waals surface area contributed by atoms with Crippen LogP contribution in [0.4, 0.5) is 8.78 Å². The Morgan fingerprint density at radius 3 is 2.30 bits per heavy atom. The summed E-state index contributed by atoms with van der Waals surface area (Å²) in [6.45, 7) is 9.23. The average molecular weight is 518 g/mol. The van der Waals surface area contributed by atoms with Crippen molar-refractivity contribution in [3.8, 4) is 5.75 Å². The molecule has 1 saturated carbocycles. The molecule has 0 unspecified atom stereocenters. The SMILES string of the molecule is CN(C)C(=O)Cc1c(F)cc(OCCC2CC2)cc1F.C\C=C(/C=N\C(=C\CC)N1CCCCC1)CC. The zero-order valence-electron chi connectivity index (χ0n) is 23.4. The van der Waals surface area contributed by atoms with Gasteiger partial charge in [-0.15, -0.1) is 0 Å². The number of likely N-dealkylation sites (N-methyl/N-ethyl adjacent to an activating group) is 1. The maximum absolute atomic E-state index is 13.8. The van der Waals surface area contributed by atoms with Crippen LogP contribution in [0.25, 0.3) is 0 Å². The number of halogens is 2. The highest BCUT2D eigenvalue weighted by Gasteiger charge is 2.21. The molecule has 0 N–H and O–H groups in total. The molecule has 5 nitrogen and oxygen atoms in total. The van der Waals surface area contributed by atoms with Gasteiger partial charge in [-0.05, 0) is 63.0 Å². The van der Waals surface area contributed by atoms with Gasteiger partial charge in [0.2, 0.25) is 5.91 Å². The van der Waals surface area contributed by atoms with Crippen LogP contribution in [0.1, 0.15) is 77.7 Å². The lowest BCUT2D eigenvalue weighted by Crippen LogP contribution is -2.28. The fraction of sp³-hybridized carbons (Fsp3) is 0.600. The third-order valence-electron chi connectivity index (χ3n) is 6.64. The van der Waals surface area contributed by atoms with Crippen molar-refractivity contribution in [2.75, 3.05) is 33.8 Å². The molecule has 0 radical (unpaired) electrons. The zero-order valence-corrected chi connectivity index (χ0v) is 23.4. The van der Waals surface area contributed by atoms with Crippen LogP contribution in [0.3, 0.4) is 0 Å². The van der Waals surface area contributed by atoms with Crippen LogP contribution in [-0.4, -0.2) is 55.7 Å². The first-order valence-electron chi connectivity index (χ1n) is 13.7. The van der Waals surface area contributed by atoms with Crippen LogP contribution in [0.15, 0.2) is 40.7 Å². The van der Waals surface area contributed by atoms with Gasteiger partial charge in [0.25, 0.3) is 0 Å². The van der Waals surface area contributed by atoms with Gasteiger partial charge in [0.05, 0.1) is 13.0 Å². The minimum Gasteiger partial charge on any atom is -0.493 e. The van der Waals surface area contributed by atoms with E-state index < -0.39 is 11.6 Å². The summed E-state index contributed by atoms with van der Waals surface area (Å²) in [6, 6.07) is 2.29. The Hall–Kier alpha value is -2.70. The molecule has 1 aromatic carbocycles. The van der Waals surface area contributed by atoms with E-state index in [1.165, 1.54) is 61.5 Å². The molecule has 2 aliphatic rings. The van der Waals surface area contributed by atoms with Crippen molar-refractivity contribution < 1.29 is 18.3 Å². The first-order chi connectivity index (χ1) is 17.8. The summed E-state index contributed by atoms with van der Waals surface area (Å²) in [6.07, 6.45) is 15.6. The van der Waals surface area contributed by atoms with Crippen molar-refractivity contribution in [2.24, 2.45) is 10.9 Å². The Kier molecular flexibility index (Phi) is 13.4. The number of nitrogens with zero attached hydrogens (tertiary/aromatic N) is 3. The zero-order chi connectivity index (χ0) is 27.2. The third-order valence-corrected chi connectivity index (χ3v) is 6.64. The molecule has 0 bridgehead atoms. The molecule has 3 rings (SSSR count). The molecular formula is C30H45F2N3O2. The molecule has 1 aliphatic heterocycles. The number of allylic oxidation sites excluding steroid dienone is 3. The van der Waals surface area contributed by atoms with Crippen LogP contribution in [0.2, 0.25) is 0 Å². The predicted octanol–water partition coefficient (Wildman–Crippen LogP) is 6.93. The van der Waals surface area contributed by atoms with Gasteiger partial charge in [-0.3, -0.25) is 4.79 Å². The van der Waals surface area contributed by atoms with Crippen molar-refractivity contribution >= 4 is 12.1 Å². The number of rotatable bonds is 11. The number of aliphatic imine (C=N–C) groups is 1. The largest absolute Gasteiger partial charge is 0.493 e. The summed E-state index contributed by atoms with van der Waals surface area (Å²) in [5.74, 6) is 0.247. The first-order valence-corrected chi connectivity index (χ1v) is 13.7. The lowest BCUT2D eigenvalue weighted by molar-refractivity contribution is -0.128. The number of hydrogen-bond donors (Lipinski definition) is 0. The average Bonchev–Trinajstić information content (AvgIpc) is 3.71. The summed E-state index contributed by atoms with van der Waals surface area (Å²) in [5.41, 5.74) is 1.10. The minimum absolute atomic E-state index is 0.182. The van der Waals surface area contributed by atoms with Crippen LogP contribution in [-0.2, 0) is 11.2 Å². The number of ether oxygens (including phenoxy) is 1. The lowest BCUT2D eigenvalue weighted by atomic mass is 10.1. The van der Waals surface area contributed by atoms with E-state index in [0.717, 1.165) is 31.4 Å². The summed E-state index contributed by atoms with van der Waals surface area (Å²) in [5, 5.41) is 0. The quantitative estimate of drug-likeness (QED) is 0.299. The summed E-state index contributed by atoms with van der Waals surface area (Å²) in [4.78, 5) is 19.9.